The summed E-state index contributed by atoms with van der Waals surface area (Å²) in [7, 11) is 1.60. The molecule has 21 heavy (non-hydrogen) atoms. The molecule has 0 spiro atoms. The SMILES string of the molecule is COCCCNC(=O)C(C#N)=Cc1ccc2c(c1)OCO2. The van der Waals surface area contributed by atoms with E-state index in [9.17, 15) is 4.79 Å². The van der Waals surface area contributed by atoms with Crippen LogP contribution in [-0.2, 0) is 9.53 Å². The maximum Gasteiger partial charge on any atom is 0.261 e. The molecule has 110 valence electrons. The summed E-state index contributed by atoms with van der Waals surface area (Å²) < 4.78 is 15.4. The van der Waals surface area contributed by atoms with Gasteiger partial charge >= 0.3 is 0 Å². The van der Waals surface area contributed by atoms with Gasteiger partial charge in [0.2, 0.25) is 6.79 Å². The molecular formula is C15H16N2O4. The number of hydrogen-bond acceptors (Lipinski definition) is 5. The minimum Gasteiger partial charge on any atom is -0.454 e. The Kier molecular flexibility index (Phi) is 5.18. The standard InChI is InChI=1S/C15H16N2O4/c1-19-6-2-5-17-15(18)12(9-16)7-11-3-4-13-14(8-11)21-10-20-13/h3-4,7-8H,2,5-6,10H2,1H3,(H,17,18). The van der Waals surface area contributed by atoms with Gasteiger partial charge in [-0.05, 0) is 30.2 Å². The molecule has 0 aliphatic carbocycles. The molecule has 1 heterocycles. The fourth-order valence-electron chi connectivity index (χ4n) is 1.83. The summed E-state index contributed by atoms with van der Waals surface area (Å²) in [5, 5.41) is 11.8. The number of fused-ring (bicyclic) bond motifs is 1. The van der Waals surface area contributed by atoms with Crippen molar-refractivity contribution < 1.29 is 19.0 Å². The molecule has 0 saturated carbocycles. The van der Waals surface area contributed by atoms with Crippen LogP contribution in [-0.4, -0.2) is 33.0 Å². The highest BCUT2D eigenvalue weighted by molar-refractivity contribution is 6.01. The quantitative estimate of drug-likeness (QED) is 0.487. The molecule has 1 aliphatic heterocycles. The average Bonchev–Trinajstić information content (AvgIpc) is 2.96. The second-order valence-electron chi connectivity index (χ2n) is 4.38. The number of nitriles is 1. The zero-order valence-electron chi connectivity index (χ0n) is 11.7. The summed E-state index contributed by atoms with van der Waals surface area (Å²) in [4.78, 5) is 11.9. The largest absolute Gasteiger partial charge is 0.454 e. The smallest absolute Gasteiger partial charge is 0.261 e. The maximum absolute atomic E-state index is 11.9. The third-order valence-corrected chi connectivity index (χ3v) is 2.88. The van der Waals surface area contributed by atoms with Crippen LogP contribution in [0.3, 0.4) is 0 Å². The third kappa shape index (κ3) is 3.97. The molecule has 0 saturated heterocycles. The van der Waals surface area contributed by atoms with Gasteiger partial charge in [-0.2, -0.15) is 5.26 Å². The van der Waals surface area contributed by atoms with Crippen molar-refractivity contribution in [2.75, 3.05) is 27.1 Å². The summed E-state index contributed by atoms with van der Waals surface area (Å²) in [5.41, 5.74) is 0.758. The van der Waals surface area contributed by atoms with Crippen LogP contribution in [0.15, 0.2) is 23.8 Å². The van der Waals surface area contributed by atoms with Gasteiger partial charge in [-0.3, -0.25) is 4.79 Å². The molecule has 6 heteroatoms. The van der Waals surface area contributed by atoms with E-state index in [1.54, 1.807) is 25.3 Å². The number of ether oxygens (including phenoxy) is 3. The molecule has 1 aliphatic rings. The van der Waals surface area contributed by atoms with Gasteiger partial charge in [0.15, 0.2) is 11.5 Å². The Hall–Kier alpha value is -2.52. The van der Waals surface area contributed by atoms with Crippen molar-refractivity contribution in [3.8, 4) is 17.6 Å². The van der Waals surface area contributed by atoms with Gasteiger partial charge in [-0.1, -0.05) is 6.07 Å². The molecule has 0 aromatic heterocycles. The van der Waals surface area contributed by atoms with Crippen LogP contribution in [0.25, 0.3) is 6.08 Å². The number of rotatable bonds is 6. The lowest BCUT2D eigenvalue weighted by molar-refractivity contribution is -0.117. The Balaban J connectivity index is 2.03. The first-order valence-corrected chi connectivity index (χ1v) is 6.53. The molecule has 1 aromatic rings. The number of hydrogen-bond donors (Lipinski definition) is 1. The molecule has 1 N–H and O–H groups in total. The van der Waals surface area contributed by atoms with Crippen LogP contribution in [0, 0.1) is 11.3 Å². The number of methoxy groups -OCH3 is 1. The molecule has 0 unspecified atom stereocenters. The molecule has 0 bridgehead atoms. The highest BCUT2D eigenvalue weighted by Gasteiger charge is 2.14. The van der Waals surface area contributed by atoms with E-state index in [1.165, 1.54) is 6.08 Å². The number of nitrogens with one attached hydrogen (secondary N) is 1. The number of carbonyl (C=O) groups is 1. The average molecular weight is 288 g/mol. The van der Waals surface area contributed by atoms with Crippen molar-refractivity contribution in [3.63, 3.8) is 0 Å². The van der Waals surface area contributed by atoms with E-state index >= 15 is 0 Å². The van der Waals surface area contributed by atoms with Crippen molar-refractivity contribution >= 4 is 12.0 Å². The van der Waals surface area contributed by atoms with Crippen LogP contribution in [0.4, 0.5) is 0 Å². The van der Waals surface area contributed by atoms with Gasteiger partial charge in [-0.15, -0.1) is 0 Å². The van der Waals surface area contributed by atoms with Gasteiger partial charge < -0.3 is 19.5 Å². The molecule has 6 nitrogen and oxygen atoms in total. The van der Waals surface area contributed by atoms with Crippen LogP contribution in [0.2, 0.25) is 0 Å². The predicted octanol–water partition coefficient (Wildman–Crippen LogP) is 1.47. The topological polar surface area (TPSA) is 80.6 Å². The van der Waals surface area contributed by atoms with Crippen molar-refractivity contribution in [2.24, 2.45) is 0 Å². The predicted molar refractivity (Wildman–Crippen MR) is 75.7 cm³/mol. The monoisotopic (exact) mass is 288 g/mol. The summed E-state index contributed by atoms with van der Waals surface area (Å²) in [6.07, 6.45) is 2.22. The minimum atomic E-state index is -0.397. The van der Waals surface area contributed by atoms with Crippen molar-refractivity contribution in [3.05, 3.63) is 29.3 Å². The van der Waals surface area contributed by atoms with Crippen molar-refractivity contribution in [1.82, 2.24) is 5.32 Å². The van der Waals surface area contributed by atoms with E-state index < -0.39 is 5.91 Å². The van der Waals surface area contributed by atoms with E-state index in [2.05, 4.69) is 5.32 Å². The lowest BCUT2D eigenvalue weighted by atomic mass is 10.1. The van der Waals surface area contributed by atoms with E-state index in [4.69, 9.17) is 19.5 Å². The Morgan fingerprint density at radius 2 is 2.29 bits per heavy atom. The number of amides is 1. The summed E-state index contributed by atoms with van der Waals surface area (Å²) in [5.74, 6) is 0.877. The molecule has 0 atom stereocenters. The Morgan fingerprint density at radius 1 is 1.48 bits per heavy atom. The molecule has 0 radical (unpaired) electrons. The lowest BCUT2D eigenvalue weighted by Gasteiger charge is -2.04. The van der Waals surface area contributed by atoms with Crippen molar-refractivity contribution in [1.29, 1.82) is 5.26 Å². The second kappa shape index (κ2) is 7.31. The van der Waals surface area contributed by atoms with Gasteiger partial charge in [0.1, 0.15) is 11.6 Å². The summed E-state index contributed by atoms with van der Waals surface area (Å²) in [6.45, 7) is 1.22. The Bertz CT molecular complexity index is 590. The summed E-state index contributed by atoms with van der Waals surface area (Å²) >= 11 is 0. The maximum atomic E-state index is 11.9. The third-order valence-electron chi connectivity index (χ3n) is 2.88. The minimum absolute atomic E-state index is 0.0475. The van der Waals surface area contributed by atoms with Gasteiger partial charge in [0.05, 0.1) is 0 Å². The van der Waals surface area contributed by atoms with Crippen LogP contribution < -0.4 is 14.8 Å². The molecular weight excluding hydrogens is 272 g/mol. The lowest BCUT2D eigenvalue weighted by Crippen LogP contribution is -2.26. The van der Waals surface area contributed by atoms with E-state index in [-0.39, 0.29) is 12.4 Å². The van der Waals surface area contributed by atoms with E-state index in [0.717, 1.165) is 0 Å². The fraction of sp³-hybridized carbons (Fsp3) is 0.333. The number of carbonyl (C=O) groups excluding carboxylic acids is 1. The molecule has 0 fully saturated rings. The number of benzene rings is 1. The zero-order valence-corrected chi connectivity index (χ0v) is 11.7. The van der Waals surface area contributed by atoms with Crippen molar-refractivity contribution in [2.45, 2.75) is 6.42 Å². The van der Waals surface area contributed by atoms with E-state index in [1.807, 2.05) is 6.07 Å². The van der Waals surface area contributed by atoms with Crippen LogP contribution in [0.5, 0.6) is 11.5 Å². The normalized spacial score (nSPS) is 12.9. The molecule has 1 amide bonds. The highest BCUT2D eigenvalue weighted by atomic mass is 16.7. The fourth-order valence-corrected chi connectivity index (χ4v) is 1.83. The first-order valence-electron chi connectivity index (χ1n) is 6.53. The first kappa shape index (κ1) is 14.9. The Morgan fingerprint density at radius 3 is 3.05 bits per heavy atom. The van der Waals surface area contributed by atoms with Gasteiger partial charge in [0, 0.05) is 20.3 Å². The highest BCUT2D eigenvalue weighted by Crippen LogP contribution is 2.33. The van der Waals surface area contributed by atoms with E-state index in [0.29, 0.717) is 36.6 Å². The molecule has 1 aromatic carbocycles. The van der Waals surface area contributed by atoms with Crippen LogP contribution >= 0.6 is 0 Å². The number of nitrogens with zero attached hydrogens (tertiary/aromatic N) is 1. The zero-order chi connectivity index (χ0) is 15.1. The van der Waals surface area contributed by atoms with Gasteiger partial charge in [0.25, 0.3) is 5.91 Å². The Labute approximate surface area is 122 Å². The first-order chi connectivity index (χ1) is 10.2. The van der Waals surface area contributed by atoms with Gasteiger partial charge in [-0.25, -0.2) is 0 Å². The van der Waals surface area contributed by atoms with Crippen LogP contribution in [0.1, 0.15) is 12.0 Å². The molecule has 2 rings (SSSR count). The second-order valence-corrected chi connectivity index (χ2v) is 4.38. The summed E-state index contributed by atoms with van der Waals surface area (Å²) in [6, 6.07) is 7.16.